The largest absolute Gasteiger partial charge is 0.497 e. The van der Waals surface area contributed by atoms with E-state index >= 15 is 0 Å². The van der Waals surface area contributed by atoms with Crippen molar-refractivity contribution in [2.24, 2.45) is 0 Å². The van der Waals surface area contributed by atoms with Crippen LogP contribution in [-0.4, -0.2) is 17.2 Å². The van der Waals surface area contributed by atoms with Crippen molar-refractivity contribution < 1.29 is 14.6 Å². The fourth-order valence-electron chi connectivity index (χ4n) is 1.88. The summed E-state index contributed by atoms with van der Waals surface area (Å²) in [6.45, 7) is 4.57. The van der Waals surface area contributed by atoms with Crippen LogP contribution in [0.1, 0.15) is 35.3 Å². The molecule has 0 aliphatic rings. The molecule has 0 aliphatic carbocycles. The second-order valence-corrected chi connectivity index (χ2v) is 5.86. The predicted molar refractivity (Wildman–Crippen MR) is 79.5 cm³/mol. The van der Waals surface area contributed by atoms with Crippen LogP contribution in [0.2, 0.25) is 0 Å². The van der Waals surface area contributed by atoms with Gasteiger partial charge in [-0.1, -0.05) is 19.9 Å². The standard InChI is InChI=1S/C15H19NO3S/c1-10(2)15-13(8-17)20-14(16-15)9-19-12-6-4-5-11(7-12)18-3/h4-7,10,17H,8-9H2,1-3H3. The van der Waals surface area contributed by atoms with Crippen molar-refractivity contribution in [3.8, 4) is 11.5 Å². The fourth-order valence-corrected chi connectivity index (χ4v) is 2.87. The lowest BCUT2D eigenvalue weighted by atomic mass is 10.1. The van der Waals surface area contributed by atoms with E-state index < -0.39 is 0 Å². The van der Waals surface area contributed by atoms with Crippen LogP contribution in [0, 0.1) is 0 Å². The van der Waals surface area contributed by atoms with E-state index in [9.17, 15) is 5.11 Å². The highest BCUT2D eigenvalue weighted by Crippen LogP contribution is 2.26. The topological polar surface area (TPSA) is 51.6 Å². The lowest BCUT2D eigenvalue weighted by Crippen LogP contribution is -1.97. The third kappa shape index (κ3) is 3.49. The van der Waals surface area contributed by atoms with E-state index in [4.69, 9.17) is 9.47 Å². The molecule has 0 unspecified atom stereocenters. The molecule has 108 valence electrons. The Morgan fingerprint density at radius 2 is 2.05 bits per heavy atom. The van der Waals surface area contributed by atoms with Gasteiger partial charge in [-0.05, 0) is 18.1 Å². The zero-order chi connectivity index (χ0) is 14.5. The number of nitrogens with zero attached hydrogens (tertiary/aromatic N) is 1. The first-order valence-electron chi connectivity index (χ1n) is 6.50. The van der Waals surface area contributed by atoms with Crippen LogP contribution < -0.4 is 9.47 Å². The van der Waals surface area contributed by atoms with E-state index in [-0.39, 0.29) is 6.61 Å². The summed E-state index contributed by atoms with van der Waals surface area (Å²) >= 11 is 1.50. The van der Waals surface area contributed by atoms with Crippen molar-refractivity contribution in [2.75, 3.05) is 7.11 Å². The number of aromatic nitrogens is 1. The number of benzene rings is 1. The molecule has 0 saturated heterocycles. The van der Waals surface area contributed by atoms with Gasteiger partial charge < -0.3 is 14.6 Å². The molecule has 2 aromatic rings. The molecule has 0 atom stereocenters. The summed E-state index contributed by atoms with van der Waals surface area (Å²) in [5.74, 6) is 1.82. The van der Waals surface area contributed by atoms with Crippen LogP contribution in [0.3, 0.4) is 0 Å². The van der Waals surface area contributed by atoms with Gasteiger partial charge in [0.2, 0.25) is 0 Å². The van der Waals surface area contributed by atoms with Gasteiger partial charge in [-0.25, -0.2) is 4.98 Å². The van der Waals surface area contributed by atoms with Gasteiger partial charge in [-0.3, -0.25) is 0 Å². The first kappa shape index (κ1) is 14.8. The summed E-state index contributed by atoms with van der Waals surface area (Å²) in [6, 6.07) is 7.47. The third-order valence-corrected chi connectivity index (χ3v) is 3.90. The minimum Gasteiger partial charge on any atom is -0.497 e. The number of aliphatic hydroxyl groups excluding tert-OH is 1. The van der Waals surface area contributed by atoms with Crippen LogP contribution in [0.5, 0.6) is 11.5 Å². The Balaban J connectivity index is 2.06. The summed E-state index contributed by atoms with van der Waals surface area (Å²) in [5.41, 5.74) is 0.960. The molecule has 0 saturated carbocycles. The highest BCUT2D eigenvalue weighted by atomic mass is 32.1. The SMILES string of the molecule is COc1cccc(OCc2nc(C(C)C)c(CO)s2)c1. The lowest BCUT2D eigenvalue weighted by molar-refractivity contribution is 0.283. The average molecular weight is 293 g/mol. The maximum atomic E-state index is 9.35. The Bertz CT molecular complexity index is 566. The van der Waals surface area contributed by atoms with Crippen LogP contribution in [0.4, 0.5) is 0 Å². The van der Waals surface area contributed by atoms with Crippen molar-refractivity contribution in [2.45, 2.75) is 33.0 Å². The van der Waals surface area contributed by atoms with Crippen molar-refractivity contribution in [3.63, 3.8) is 0 Å². The van der Waals surface area contributed by atoms with E-state index in [0.717, 1.165) is 27.1 Å². The molecule has 5 heteroatoms. The van der Waals surface area contributed by atoms with Crippen molar-refractivity contribution in [1.82, 2.24) is 4.98 Å². The van der Waals surface area contributed by atoms with E-state index in [1.165, 1.54) is 11.3 Å². The van der Waals surface area contributed by atoms with E-state index in [2.05, 4.69) is 18.8 Å². The number of methoxy groups -OCH3 is 1. The highest BCUT2D eigenvalue weighted by molar-refractivity contribution is 7.11. The van der Waals surface area contributed by atoms with Crippen LogP contribution in [0.25, 0.3) is 0 Å². The Labute approximate surface area is 123 Å². The molecule has 2 rings (SSSR count). The molecule has 0 fully saturated rings. The van der Waals surface area contributed by atoms with Gasteiger partial charge in [-0.2, -0.15) is 0 Å². The molecule has 1 aromatic heterocycles. The second-order valence-electron chi connectivity index (χ2n) is 4.70. The van der Waals surface area contributed by atoms with E-state index in [1.54, 1.807) is 7.11 Å². The molecule has 0 aliphatic heterocycles. The summed E-state index contributed by atoms with van der Waals surface area (Å²) in [4.78, 5) is 5.46. The monoisotopic (exact) mass is 293 g/mol. The molecule has 0 radical (unpaired) electrons. The molecule has 1 heterocycles. The van der Waals surface area contributed by atoms with Gasteiger partial charge in [0, 0.05) is 6.07 Å². The molecule has 0 amide bonds. The lowest BCUT2D eigenvalue weighted by Gasteiger charge is -2.05. The molecular formula is C15H19NO3S. The van der Waals surface area contributed by atoms with Gasteiger partial charge in [0.25, 0.3) is 0 Å². The minimum atomic E-state index is 0.0321. The second kappa shape index (κ2) is 6.72. The maximum Gasteiger partial charge on any atom is 0.140 e. The van der Waals surface area contributed by atoms with Crippen molar-refractivity contribution in [1.29, 1.82) is 0 Å². The van der Waals surface area contributed by atoms with Gasteiger partial charge in [0.05, 0.1) is 24.3 Å². The quantitative estimate of drug-likeness (QED) is 0.887. The van der Waals surface area contributed by atoms with Crippen LogP contribution >= 0.6 is 11.3 Å². The molecule has 1 N–H and O–H groups in total. The Hall–Kier alpha value is -1.59. The number of aliphatic hydroxyl groups is 1. The Morgan fingerprint density at radius 3 is 2.65 bits per heavy atom. The predicted octanol–water partition coefficient (Wildman–Crippen LogP) is 3.35. The van der Waals surface area contributed by atoms with Gasteiger partial charge >= 0.3 is 0 Å². The zero-order valence-electron chi connectivity index (χ0n) is 11.9. The molecule has 4 nitrogen and oxygen atoms in total. The number of hydrogen-bond donors (Lipinski definition) is 1. The number of hydrogen-bond acceptors (Lipinski definition) is 5. The molecule has 0 bridgehead atoms. The Morgan fingerprint density at radius 1 is 1.30 bits per heavy atom. The molecule has 20 heavy (non-hydrogen) atoms. The third-order valence-electron chi connectivity index (χ3n) is 2.87. The number of rotatable bonds is 6. The normalized spacial score (nSPS) is 10.8. The first-order chi connectivity index (χ1) is 9.63. The highest BCUT2D eigenvalue weighted by Gasteiger charge is 2.13. The van der Waals surface area contributed by atoms with Gasteiger partial charge in [-0.15, -0.1) is 11.3 Å². The Kier molecular flexibility index (Phi) is 4.98. The van der Waals surface area contributed by atoms with Crippen LogP contribution in [0.15, 0.2) is 24.3 Å². The summed E-state index contributed by atoms with van der Waals surface area (Å²) in [5, 5.41) is 10.2. The zero-order valence-corrected chi connectivity index (χ0v) is 12.7. The van der Waals surface area contributed by atoms with Gasteiger partial charge in [0.1, 0.15) is 23.1 Å². The fraction of sp³-hybridized carbons (Fsp3) is 0.400. The van der Waals surface area contributed by atoms with E-state index in [0.29, 0.717) is 12.5 Å². The molecule has 1 aromatic carbocycles. The maximum absolute atomic E-state index is 9.35. The van der Waals surface area contributed by atoms with Crippen molar-refractivity contribution >= 4 is 11.3 Å². The minimum absolute atomic E-state index is 0.0321. The molecule has 0 spiro atoms. The first-order valence-corrected chi connectivity index (χ1v) is 7.32. The van der Waals surface area contributed by atoms with E-state index in [1.807, 2.05) is 24.3 Å². The number of ether oxygens (including phenoxy) is 2. The van der Waals surface area contributed by atoms with Crippen molar-refractivity contribution in [3.05, 3.63) is 39.8 Å². The summed E-state index contributed by atoms with van der Waals surface area (Å²) in [6.07, 6.45) is 0. The summed E-state index contributed by atoms with van der Waals surface area (Å²) in [7, 11) is 1.63. The number of thiazole rings is 1. The van der Waals surface area contributed by atoms with Gasteiger partial charge in [0.15, 0.2) is 0 Å². The smallest absolute Gasteiger partial charge is 0.140 e. The average Bonchev–Trinajstić information content (AvgIpc) is 2.89. The molecular weight excluding hydrogens is 274 g/mol. The van der Waals surface area contributed by atoms with Crippen LogP contribution in [-0.2, 0) is 13.2 Å². The summed E-state index contributed by atoms with van der Waals surface area (Å²) < 4.78 is 10.9.